The van der Waals surface area contributed by atoms with E-state index < -0.39 is 26.6 Å². The second-order valence-electron chi connectivity index (χ2n) is 6.08. The molecule has 0 radical (unpaired) electrons. The van der Waals surface area contributed by atoms with Gasteiger partial charge in [-0.05, 0) is 29.8 Å². The van der Waals surface area contributed by atoms with E-state index in [0.717, 1.165) is 17.7 Å². The number of carbonyl (C=O) groups is 1. The van der Waals surface area contributed by atoms with Crippen molar-refractivity contribution in [2.45, 2.75) is 11.3 Å². The van der Waals surface area contributed by atoms with Crippen LogP contribution in [0.2, 0.25) is 0 Å². The number of morpholine rings is 1. The molecule has 1 heterocycles. The Bertz CT molecular complexity index is 907. The molecule has 9 heteroatoms. The van der Waals surface area contributed by atoms with Crippen molar-refractivity contribution in [3.63, 3.8) is 0 Å². The smallest absolute Gasteiger partial charge is 0.262 e. The number of hydrogen-bond acceptors (Lipinski definition) is 4. The van der Waals surface area contributed by atoms with Gasteiger partial charge in [-0.3, -0.25) is 9.52 Å². The fourth-order valence-electron chi connectivity index (χ4n) is 2.69. The first-order chi connectivity index (χ1) is 12.8. The van der Waals surface area contributed by atoms with E-state index >= 15 is 0 Å². The van der Waals surface area contributed by atoms with Crippen LogP contribution in [0.25, 0.3) is 0 Å². The maximum Gasteiger partial charge on any atom is 0.262 e. The standard InChI is InChI=1S/C18H18F2N2O4S/c19-14-10-15(20)12-17(11-14)27(24,25)21-16-3-1-13(2-4-16)9-18(23)22-5-7-26-8-6-22/h1-4,10-12,21H,5-9H2. The summed E-state index contributed by atoms with van der Waals surface area (Å²) in [6.07, 6.45) is 0.197. The van der Waals surface area contributed by atoms with Crippen molar-refractivity contribution >= 4 is 21.6 Å². The summed E-state index contributed by atoms with van der Waals surface area (Å²) in [7, 11) is -4.13. The Morgan fingerprint density at radius 1 is 1.04 bits per heavy atom. The summed E-state index contributed by atoms with van der Waals surface area (Å²) in [5, 5.41) is 0. The fourth-order valence-corrected chi connectivity index (χ4v) is 3.79. The maximum atomic E-state index is 13.2. The molecular formula is C18H18F2N2O4S. The normalized spacial score (nSPS) is 14.8. The molecule has 0 saturated carbocycles. The molecule has 1 amide bonds. The van der Waals surface area contributed by atoms with Crippen molar-refractivity contribution in [3.05, 3.63) is 59.7 Å². The molecule has 3 rings (SSSR count). The number of nitrogens with zero attached hydrogens (tertiary/aromatic N) is 1. The molecule has 1 fully saturated rings. The molecule has 0 aliphatic carbocycles. The minimum absolute atomic E-state index is 0.0260. The van der Waals surface area contributed by atoms with Crippen LogP contribution in [0.15, 0.2) is 47.4 Å². The zero-order valence-corrected chi connectivity index (χ0v) is 15.1. The molecule has 144 valence electrons. The Kier molecular flexibility index (Phi) is 5.71. The van der Waals surface area contributed by atoms with Crippen LogP contribution in [0, 0.1) is 11.6 Å². The third-order valence-electron chi connectivity index (χ3n) is 4.07. The molecule has 27 heavy (non-hydrogen) atoms. The van der Waals surface area contributed by atoms with Gasteiger partial charge < -0.3 is 9.64 Å². The number of ether oxygens (including phenoxy) is 1. The summed E-state index contributed by atoms with van der Waals surface area (Å²) >= 11 is 0. The zero-order valence-electron chi connectivity index (χ0n) is 14.3. The van der Waals surface area contributed by atoms with E-state index in [0.29, 0.717) is 32.4 Å². The van der Waals surface area contributed by atoms with Gasteiger partial charge in [0.2, 0.25) is 5.91 Å². The Morgan fingerprint density at radius 3 is 2.22 bits per heavy atom. The summed E-state index contributed by atoms with van der Waals surface area (Å²) in [6.45, 7) is 2.15. The molecule has 1 aliphatic rings. The number of sulfonamides is 1. The first kappa shape index (κ1) is 19.2. The van der Waals surface area contributed by atoms with Crippen LogP contribution in [0.1, 0.15) is 5.56 Å². The van der Waals surface area contributed by atoms with Crippen LogP contribution >= 0.6 is 0 Å². The quantitative estimate of drug-likeness (QED) is 0.841. The minimum atomic E-state index is -4.13. The van der Waals surface area contributed by atoms with Gasteiger partial charge in [0.05, 0.1) is 24.5 Å². The lowest BCUT2D eigenvalue weighted by atomic mass is 10.1. The fraction of sp³-hybridized carbons (Fsp3) is 0.278. The number of benzene rings is 2. The summed E-state index contributed by atoms with van der Waals surface area (Å²) in [5.74, 6) is -1.98. The third kappa shape index (κ3) is 5.01. The van der Waals surface area contributed by atoms with Crippen LogP contribution in [0.4, 0.5) is 14.5 Å². The number of carbonyl (C=O) groups excluding carboxylic acids is 1. The van der Waals surface area contributed by atoms with Crippen LogP contribution in [0.5, 0.6) is 0 Å². The Labute approximate surface area is 155 Å². The Hall–Kier alpha value is -2.52. The largest absolute Gasteiger partial charge is 0.378 e. The minimum Gasteiger partial charge on any atom is -0.378 e. The van der Waals surface area contributed by atoms with Gasteiger partial charge in [0.15, 0.2) is 0 Å². The average molecular weight is 396 g/mol. The highest BCUT2D eigenvalue weighted by Crippen LogP contribution is 2.19. The topological polar surface area (TPSA) is 75.7 Å². The van der Waals surface area contributed by atoms with Crippen molar-refractivity contribution in [1.82, 2.24) is 4.90 Å². The molecule has 0 unspecified atom stereocenters. The number of rotatable bonds is 5. The van der Waals surface area contributed by atoms with Crippen LogP contribution in [0.3, 0.4) is 0 Å². The first-order valence-electron chi connectivity index (χ1n) is 8.27. The lowest BCUT2D eigenvalue weighted by Gasteiger charge is -2.26. The van der Waals surface area contributed by atoms with Crippen molar-refractivity contribution in [2.24, 2.45) is 0 Å². The molecule has 1 saturated heterocycles. The van der Waals surface area contributed by atoms with Crippen LogP contribution in [-0.4, -0.2) is 45.5 Å². The summed E-state index contributed by atoms with van der Waals surface area (Å²) < 4.78 is 58.5. The maximum absolute atomic E-state index is 13.2. The van der Waals surface area contributed by atoms with E-state index in [1.165, 1.54) is 12.1 Å². The molecule has 0 bridgehead atoms. The molecule has 2 aromatic carbocycles. The second kappa shape index (κ2) is 8.01. The van der Waals surface area contributed by atoms with Gasteiger partial charge >= 0.3 is 0 Å². The highest BCUT2D eigenvalue weighted by atomic mass is 32.2. The molecule has 0 atom stereocenters. The molecule has 6 nitrogen and oxygen atoms in total. The van der Waals surface area contributed by atoms with Crippen LogP contribution < -0.4 is 4.72 Å². The zero-order chi connectivity index (χ0) is 19.4. The lowest BCUT2D eigenvalue weighted by Crippen LogP contribution is -2.41. The van der Waals surface area contributed by atoms with E-state index in [1.807, 2.05) is 0 Å². The van der Waals surface area contributed by atoms with Gasteiger partial charge in [0.1, 0.15) is 11.6 Å². The van der Waals surface area contributed by atoms with Gasteiger partial charge in [-0.25, -0.2) is 17.2 Å². The second-order valence-corrected chi connectivity index (χ2v) is 7.76. The van der Waals surface area contributed by atoms with Crippen molar-refractivity contribution in [2.75, 3.05) is 31.0 Å². The number of nitrogens with one attached hydrogen (secondary N) is 1. The van der Waals surface area contributed by atoms with Gasteiger partial charge in [0, 0.05) is 24.8 Å². The molecule has 1 N–H and O–H groups in total. The van der Waals surface area contributed by atoms with Crippen LogP contribution in [-0.2, 0) is 26.0 Å². The van der Waals surface area contributed by atoms with Crippen molar-refractivity contribution < 1.29 is 26.7 Å². The molecule has 0 spiro atoms. The average Bonchev–Trinajstić information content (AvgIpc) is 2.63. The molecule has 0 aromatic heterocycles. The van der Waals surface area contributed by atoms with Crippen molar-refractivity contribution in [3.8, 4) is 0 Å². The predicted octanol–water partition coefficient (Wildman–Crippen LogP) is 2.17. The Balaban J connectivity index is 1.67. The van der Waals surface area contributed by atoms with E-state index in [-0.39, 0.29) is 18.0 Å². The predicted molar refractivity (Wildman–Crippen MR) is 94.7 cm³/mol. The van der Waals surface area contributed by atoms with E-state index in [1.54, 1.807) is 17.0 Å². The summed E-state index contributed by atoms with van der Waals surface area (Å²) in [6, 6.07) is 8.32. The van der Waals surface area contributed by atoms with Gasteiger partial charge in [-0.1, -0.05) is 12.1 Å². The first-order valence-corrected chi connectivity index (χ1v) is 9.75. The number of amides is 1. The third-order valence-corrected chi connectivity index (χ3v) is 5.43. The SMILES string of the molecule is O=C(Cc1ccc(NS(=O)(=O)c2cc(F)cc(F)c2)cc1)N1CCOCC1. The number of anilines is 1. The molecule has 1 aliphatic heterocycles. The lowest BCUT2D eigenvalue weighted by molar-refractivity contribution is -0.134. The van der Waals surface area contributed by atoms with Gasteiger partial charge in [0.25, 0.3) is 10.0 Å². The Morgan fingerprint density at radius 2 is 1.63 bits per heavy atom. The van der Waals surface area contributed by atoms with Gasteiger partial charge in [-0.2, -0.15) is 0 Å². The summed E-state index contributed by atoms with van der Waals surface area (Å²) in [5.41, 5.74) is 0.952. The molecule has 2 aromatic rings. The molecular weight excluding hydrogens is 378 g/mol. The highest BCUT2D eigenvalue weighted by Gasteiger charge is 2.18. The van der Waals surface area contributed by atoms with E-state index in [9.17, 15) is 22.0 Å². The van der Waals surface area contributed by atoms with E-state index in [2.05, 4.69) is 4.72 Å². The monoisotopic (exact) mass is 396 g/mol. The number of hydrogen-bond donors (Lipinski definition) is 1. The summed E-state index contributed by atoms with van der Waals surface area (Å²) in [4.78, 5) is 13.4. The highest BCUT2D eigenvalue weighted by molar-refractivity contribution is 7.92. The van der Waals surface area contributed by atoms with Gasteiger partial charge in [-0.15, -0.1) is 0 Å². The van der Waals surface area contributed by atoms with E-state index in [4.69, 9.17) is 4.74 Å². The van der Waals surface area contributed by atoms with Crippen molar-refractivity contribution in [1.29, 1.82) is 0 Å². The number of halogens is 2.